The van der Waals surface area contributed by atoms with E-state index >= 15 is 0 Å². The minimum atomic E-state index is 1.21. The first-order valence-electron chi connectivity index (χ1n) is 6.93. The van der Waals surface area contributed by atoms with E-state index in [9.17, 15) is 0 Å². The second kappa shape index (κ2) is 18.0. The summed E-state index contributed by atoms with van der Waals surface area (Å²) in [5, 5.41) is 0. The number of aliphatic imine (C=N–C) groups is 1. The highest BCUT2D eigenvalue weighted by Crippen LogP contribution is 2.11. The predicted molar refractivity (Wildman–Crippen MR) is 88.5 cm³/mol. The average molecular weight is 249 g/mol. The van der Waals surface area contributed by atoms with Crippen LogP contribution in [0.1, 0.15) is 58.2 Å². The maximum absolute atomic E-state index is 3.67. The van der Waals surface area contributed by atoms with Gasteiger partial charge in [0, 0.05) is 6.20 Å². The minimum absolute atomic E-state index is 1.21. The molecule has 0 heterocycles. The van der Waals surface area contributed by atoms with Crippen LogP contribution in [0.4, 0.5) is 0 Å². The molecule has 104 valence electrons. The Bertz CT molecular complexity index is 311. The molecular formula is C17H31N. The SMILES string of the molecule is C=N/C=C\c1cc(C)ccc1C.CC.CC.CC. The smallest absolute Gasteiger partial charge is 0.0266 e. The van der Waals surface area contributed by atoms with Gasteiger partial charge in [0.15, 0.2) is 0 Å². The Balaban J connectivity index is -0.000000328. The van der Waals surface area contributed by atoms with Crippen LogP contribution in [0, 0.1) is 13.8 Å². The molecule has 0 fully saturated rings. The molecule has 0 N–H and O–H groups in total. The van der Waals surface area contributed by atoms with E-state index in [1.807, 2.05) is 47.6 Å². The van der Waals surface area contributed by atoms with Crippen molar-refractivity contribution in [1.29, 1.82) is 0 Å². The molecule has 0 saturated carbocycles. The van der Waals surface area contributed by atoms with Crippen LogP contribution in [-0.2, 0) is 0 Å². The van der Waals surface area contributed by atoms with Crippen LogP contribution in [0.5, 0.6) is 0 Å². The Morgan fingerprint density at radius 3 is 1.89 bits per heavy atom. The maximum atomic E-state index is 3.67. The van der Waals surface area contributed by atoms with Crippen LogP contribution in [0.25, 0.3) is 6.08 Å². The monoisotopic (exact) mass is 249 g/mol. The number of nitrogens with zero attached hydrogens (tertiary/aromatic N) is 1. The lowest BCUT2D eigenvalue weighted by atomic mass is 10.1. The van der Waals surface area contributed by atoms with E-state index in [1.165, 1.54) is 16.7 Å². The lowest BCUT2D eigenvalue weighted by molar-refractivity contribution is 1.37. The van der Waals surface area contributed by atoms with Gasteiger partial charge in [-0.3, -0.25) is 4.99 Å². The Hall–Kier alpha value is -1.37. The molecule has 0 aliphatic carbocycles. The van der Waals surface area contributed by atoms with Gasteiger partial charge in [-0.2, -0.15) is 0 Å². The van der Waals surface area contributed by atoms with Crippen molar-refractivity contribution in [2.45, 2.75) is 55.4 Å². The van der Waals surface area contributed by atoms with Crippen LogP contribution in [0.2, 0.25) is 0 Å². The average Bonchev–Trinajstić information content (AvgIpc) is 2.46. The van der Waals surface area contributed by atoms with Crippen molar-refractivity contribution in [1.82, 2.24) is 0 Å². The normalized spacial score (nSPS) is 8.00. The first-order valence-corrected chi connectivity index (χ1v) is 6.93. The number of hydrogen-bond donors (Lipinski definition) is 0. The van der Waals surface area contributed by atoms with Gasteiger partial charge in [0.05, 0.1) is 0 Å². The molecule has 1 heteroatoms. The summed E-state index contributed by atoms with van der Waals surface area (Å²) in [7, 11) is 0. The molecule has 0 amide bonds. The standard InChI is InChI=1S/C11H13N.3C2H6/c1-9-4-5-10(2)11(8-9)6-7-12-3;3*1-2/h4-8H,3H2,1-2H3;3*1-2H3/b7-6-;;;. The first-order chi connectivity index (χ1) is 8.74. The summed E-state index contributed by atoms with van der Waals surface area (Å²) >= 11 is 0. The van der Waals surface area contributed by atoms with Crippen molar-refractivity contribution in [3.05, 3.63) is 41.1 Å². The molecule has 18 heavy (non-hydrogen) atoms. The van der Waals surface area contributed by atoms with E-state index in [-0.39, 0.29) is 0 Å². The fourth-order valence-electron chi connectivity index (χ4n) is 1.07. The third-order valence-corrected chi connectivity index (χ3v) is 1.79. The molecule has 1 nitrogen and oxygen atoms in total. The van der Waals surface area contributed by atoms with Crippen LogP contribution >= 0.6 is 0 Å². The molecular weight excluding hydrogens is 218 g/mol. The zero-order chi connectivity index (χ0) is 15.0. The van der Waals surface area contributed by atoms with Gasteiger partial charge in [0.1, 0.15) is 0 Å². The first kappa shape index (κ1) is 21.9. The van der Waals surface area contributed by atoms with E-state index in [4.69, 9.17) is 0 Å². The van der Waals surface area contributed by atoms with Crippen molar-refractivity contribution in [3.63, 3.8) is 0 Å². The van der Waals surface area contributed by atoms with Crippen LogP contribution in [0.3, 0.4) is 0 Å². The lowest BCUT2D eigenvalue weighted by Crippen LogP contribution is -1.81. The van der Waals surface area contributed by atoms with Crippen molar-refractivity contribution in [2.75, 3.05) is 0 Å². The van der Waals surface area contributed by atoms with Gasteiger partial charge in [0.25, 0.3) is 0 Å². The minimum Gasteiger partial charge on any atom is -0.272 e. The van der Waals surface area contributed by atoms with Gasteiger partial charge < -0.3 is 0 Å². The molecule has 0 saturated heterocycles. The maximum Gasteiger partial charge on any atom is 0.0266 e. The quantitative estimate of drug-likeness (QED) is 0.565. The highest BCUT2D eigenvalue weighted by atomic mass is 14.6. The van der Waals surface area contributed by atoms with Crippen molar-refractivity contribution >= 4 is 12.8 Å². The van der Waals surface area contributed by atoms with Gasteiger partial charge in [-0.05, 0) is 37.8 Å². The number of aryl methyl sites for hydroxylation is 2. The number of hydrogen-bond acceptors (Lipinski definition) is 1. The number of benzene rings is 1. The van der Waals surface area contributed by atoms with Crippen LogP contribution in [-0.4, -0.2) is 6.72 Å². The molecule has 0 aromatic heterocycles. The zero-order valence-electron chi connectivity index (χ0n) is 13.5. The second-order valence-electron chi connectivity index (χ2n) is 2.86. The highest BCUT2D eigenvalue weighted by Gasteiger charge is 1.92. The van der Waals surface area contributed by atoms with E-state index in [0.29, 0.717) is 0 Å². The molecule has 0 spiro atoms. The van der Waals surface area contributed by atoms with E-state index < -0.39 is 0 Å². The number of rotatable bonds is 2. The van der Waals surface area contributed by atoms with E-state index in [0.717, 1.165) is 0 Å². The molecule has 0 bridgehead atoms. The molecule has 0 atom stereocenters. The molecule has 1 rings (SSSR count). The van der Waals surface area contributed by atoms with Crippen LogP contribution in [0.15, 0.2) is 29.4 Å². The summed E-state index contributed by atoms with van der Waals surface area (Å²) < 4.78 is 0. The van der Waals surface area contributed by atoms with Gasteiger partial charge in [-0.15, -0.1) is 0 Å². The topological polar surface area (TPSA) is 12.4 Å². The summed E-state index contributed by atoms with van der Waals surface area (Å²) in [5.41, 5.74) is 3.74. The third-order valence-electron chi connectivity index (χ3n) is 1.79. The fraction of sp³-hybridized carbons (Fsp3) is 0.471. The van der Waals surface area contributed by atoms with E-state index in [1.54, 1.807) is 6.20 Å². The van der Waals surface area contributed by atoms with E-state index in [2.05, 4.69) is 43.8 Å². The summed E-state index contributed by atoms with van der Waals surface area (Å²) in [6, 6.07) is 6.35. The van der Waals surface area contributed by atoms with Gasteiger partial charge in [-0.25, -0.2) is 0 Å². The van der Waals surface area contributed by atoms with Gasteiger partial charge in [-0.1, -0.05) is 65.3 Å². The fourth-order valence-corrected chi connectivity index (χ4v) is 1.07. The summed E-state index contributed by atoms with van der Waals surface area (Å²) in [4.78, 5) is 3.67. The zero-order valence-corrected chi connectivity index (χ0v) is 13.5. The molecule has 0 radical (unpaired) electrons. The summed E-state index contributed by atoms with van der Waals surface area (Å²) in [6.45, 7) is 19.6. The summed E-state index contributed by atoms with van der Waals surface area (Å²) in [6.07, 6.45) is 3.68. The van der Waals surface area contributed by atoms with Crippen molar-refractivity contribution in [3.8, 4) is 0 Å². The second-order valence-corrected chi connectivity index (χ2v) is 2.86. The van der Waals surface area contributed by atoms with Crippen molar-refractivity contribution in [2.24, 2.45) is 4.99 Å². The predicted octanol–water partition coefficient (Wildman–Crippen LogP) is 6.05. The molecule has 1 aromatic rings. The Morgan fingerprint density at radius 2 is 1.44 bits per heavy atom. The van der Waals surface area contributed by atoms with Crippen LogP contribution < -0.4 is 0 Å². The highest BCUT2D eigenvalue weighted by molar-refractivity contribution is 5.55. The van der Waals surface area contributed by atoms with Crippen molar-refractivity contribution < 1.29 is 0 Å². The molecule has 0 unspecified atom stereocenters. The molecule has 0 aliphatic rings. The molecule has 1 aromatic carbocycles. The summed E-state index contributed by atoms with van der Waals surface area (Å²) in [5.74, 6) is 0. The lowest BCUT2D eigenvalue weighted by Gasteiger charge is -2.00. The largest absolute Gasteiger partial charge is 0.272 e. The molecule has 0 aliphatic heterocycles. The Kier molecular flexibility index (Phi) is 21.9. The van der Waals surface area contributed by atoms with Gasteiger partial charge in [0.2, 0.25) is 0 Å². The third kappa shape index (κ3) is 11.1. The Labute approximate surface area is 115 Å². The van der Waals surface area contributed by atoms with Gasteiger partial charge >= 0.3 is 0 Å². The Morgan fingerprint density at radius 1 is 0.944 bits per heavy atom.